The Kier molecular flexibility index (Phi) is 5.71. The second kappa shape index (κ2) is 8.01. The summed E-state index contributed by atoms with van der Waals surface area (Å²) in [5, 5.41) is 0. The number of rotatable bonds is 7. The van der Waals surface area contributed by atoms with E-state index in [0.717, 1.165) is 6.42 Å². The summed E-state index contributed by atoms with van der Waals surface area (Å²) in [5.74, 6) is -0.0718. The predicted octanol–water partition coefficient (Wildman–Crippen LogP) is 2.89. The zero-order valence-corrected chi connectivity index (χ0v) is 15.1. The number of ether oxygens (including phenoxy) is 1. The van der Waals surface area contributed by atoms with E-state index in [0.29, 0.717) is 24.2 Å². The minimum atomic E-state index is -3.85. The second-order valence-electron chi connectivity index (χ2n) is 5.95. The third-order valence-electron chi connectivity index (χ3n) is 4.17. The van der Waals surface area contributed by atoms with E-state index in [1.807, 2.05) is 0 Å². The average molecular weight is 396 g/mol. The van der Waals surface area contributed by atoms with Crippen LogP contribution in [0.3, 0.4) is 0 Å². The van der Waals surface area contributed by atoms with Gasteiger partial charge in [-0.15, -0.1) is 0 Å². The van der Waals surface area contributed by atoms with Crippen LogP contribution in [0, 0.1) is 0 Å². The summed E-state index contributed by atoms with van der Waals surface area (Å²) in [4.78, 5) is 13.4. The number of carbonyl (C=O) groups is 1. The van der Waals surface area contributed by atoms with Crippen LogP contribution in [0.15, 0.2) is 53.4 Å². The van der Waals surface area contributed by atoms with Gasteiger partial charge in [-0.05, 0) is 36.8 Å². The molecule has 2 aromatic rings. The number of para-hydroxylation sites is 1. The third-order valence-corrected chi connectivity index (χ3v) is 5.59. The minimum Gasteiger partial charge on any atom is -0.434 e. The smallest absolute Gasteiger partial charge is 0.387 e. The van der Waals surface area contributed by atoms with Crippen molar-refractivity contribution in [3.8, 4) is 5.75 Å². The molecule has 9 heteroatoms. The number of hydrogen-bond donors (Lipinski definition) is 1. The molecule has 2 aromatic carbocycles. The fourth-order valence-electron chi connectivity index (χ4n) is 2.84. The van der Waals surface area contributed by atoms with Gasteiger partial charge in [0.1, 0.15) is 5.75 Å². The number of nitrogens with zero attached hydrogens (tertiary/aromatic N) is 1. The lowest BCUT2D eigenvalue weighted by Crippen LogP contribution is -2.25. The standard InChI is InChI=1S/C18H18F2N2O4S/c19-18(20)26-16-5-2-1-4-13(16)12-21-27(24,25)15-9-7-14(8-10-15)22-11-3-6-17(22)23/h1-2,4-5,7-10,18,21H,3,6,11-12H2. The fraction of sp³-hybridized carbons (Fsp3) is 0.278. The predicted molar refractivity (Wildman–Crippen MR) is 95.1 cm³/mol. The molecule has 144 valence electrons. The first-order chi connectivity index (χ1) is 12.9. The average Bonchev–Trinajstić information content (AvgIpc) is 3.07. The molecule has 0 aliphatic carbocycles. The van der Waals surface area contributed by atoms with Gasteiger partial charge in [-0.25, -0.2) is 13.1 Å². The van der Waals surface area contributed by atoms with Crippen LogP contribution in [-0.2, 0) is 21.4 Å². The van der Waals surface area contributed by atoms with Crippen LogP contribution >= 0.6 is 0 Å². The van der Waals surface area contributed by atoms with Gasteiger partial charge in [-0.2, -0.15) is 8.78 Å². The van der Waals surface area contributed by atoms with Gasteiger partial charge in [0, 0.05) is 30.8 Å². The van der Waals surface area contributed by atoms with E-state index in [2.05, 4.69) is 9.46 Å². The van der Waals surface area contributed by atoms with E-state index in [1.54, 1.807) is 23.1 Å². The molecule has 0 unspecified atom stereocenters. The highest BCUT2D eigenvalue weighted by Crippen LogP contribution is 2.24. The molecular weight excluding hydrogens is 378 g/mol. The minimum absolute atomic E-state index is 0.0133. The molecule has 0 aromatic heterocycles. The first-order valence-corrected chi connectivity index (χ1v) is 9.78. The molecule has 0 spiro atoms. The molecule has 1 amide bonds. The van der Waals surface area contributed by atoms with Crippen LogP contribution in [0.2, 0.25) is 0 Å². The van der Waals surface area contributed by atoms with E-state index < -0.39 is 16.6 Å². The molecule has 1 aliphatic rings. The molecule has 0 saturated carbocycles. The summed E-state index contributed by atoms with van der Waals surface area (Å²) >= 11 is 0. The Bertz CT molecular complexity index is 917. The number of carbonyl (C=O) groups excluding carboxylic acids is 1. The summed E-state index contributed by atoms with van der Waals surface area (Å²) in [5.41, 5.74) is 0.938. The Morgan fingerprint density at radius 2 is 1.81 bits per heavy atom. The zero-order chi connectivity index (χ0) is 19.4. The molecule has 1 fully saturated rings. The van der Waals surface area contributed by atoms with Crippen molar-refractivity contribution >= 4 is 21.6 Å². The van der Waals surface area contributed by atoms with Crippen LogP contribution in [0.4, 0.5) is 14.5 Å². The van der Waals surface area contributed by atoms with Crippen LogP contribution < -0.4 is 14.4 Å². The quantitative estimate of drug-likeness (QED) is 0.781. The molecule has 27 heavy (non-hydrogen) atoms. The third kappa shape index (κ3) is 4.61. The van der Waals surface area contributed by atoms with Gasteiger partial charge in [-0.3, -0.25) is 4.79 Å². The maximum Gasteiger partial charge on any atom is 0.387 e. The number of sulfonamides is 1. The zero-order valence-electron chi connectivity index (χ0n) is 14.3. The van der Waals surface area contributed by atoms with E-state index in [-0.39, 0.29) is 23.1 Å². The summed E-state index contributed by atoms with van der Waals surface area (Å²) in [6.07, 6.45) is 1.27. The van der Waals surface area contributed by atoms with Crippen molar-refractivity contribution in [2.24, 2.45) is 0 Å². The van der Waals surface area contributed by atoms with E-state index in [4.69, 9.17) is 0 Å². The second-order valence-corrected chi connectivity index (χ2v) is 7.72. The number of amides is 1. The SMILES string of the molecule is O=C1CCCN1c1ccc(S(=O)(=O)NCc2ccccc2OC(F)F)cc1. The van der Waals surface area contributed by atoms with Crippen LogP contribution in [-0.4, -0.2) is 27.5 Å². The monoisotopic (exact) mass is 396 g/mol. The van der Waals surface area contributed by atoms with Crippen LogP contribution in [0.1, 0.15) is 18.4 Å². The highest BCUT2D eigenvalue weighted by molar-refractivity contribution is 7.89. The van der Waals surface area contributed by atoms with Crippen molar-refractivity contribution in [1.29, 1.82) is 0 Å². The molecule has 1 N–H and O–H groups in total. The Morgan fingerprint density at radius 3 is 2.44 bits per heavy atom. The summed E-state index contributed by atoms with van der Waals surface area (Å²) < 4.78 is 56.6. The van der Waals surface area contributed by atoms with Crippen molar-refractivity contribution in [1.82, 2.24) is 4.72 Å². The Labute approximate surface area is 155 Å². The summed E-state index contributed by atoms with van der Waals surface area (Å²) in [6, 6.07) is 11.9. The molecule has 0 bridgehead atoms. The molecule has 3 rings (SSSR count). The Balaban J connectivity index is 1.71. The van der Waals surface area contributed by atoms with E-state index >= 15 is 0 Å². The van der Waals surface area contributed by atoms with Crippen LogP contribution in [0.5, 0.6) is 5.75 Å². The summed E-state index contributed by atoms with van der Waals surface area (Å²) in [6.45, 7) is -2.58. The maximum absolute atomic E-state index is 12.5. The fourth-order valence-corrected chi connectivity index (χ4v) is 3.85. The first kappa shape index (κ1) is 19.2. The van der Waals surface area contributed by atoms with Gasteiger partial charge in [-0.1, -0.05) is 18.2 Å². The number of benzene rings is 2. The van der Waals surface area contributed by atoms with E-state index in [9.17, 15) is 22.0 Å². The first-order valence-electron chi connectivity index (χ1n) is 8.29. The molecule has 1 saturated heterocycles. The largest absolute Gasteiger partial charge is 0.434 e. The number of halogens is 2. The lowest BCUT2D eigenvalue weighted by Gasteiger charge is -2.16. The van der Waals surface area contributed by atoms with Crippen molar-refractivity contribution in [3.63, 3.8) is 0 Å². The van der Waals surface area contributed by atoms with Crippen molar-refractivity contribution in [3.05, 3.63) is 54.1 Å². The normalized spacial score (nSPS) is 14.8. The number of nitrogens with one attached hydrogen (secondary N) is 1. The Hall–Kier alpha value is -2.52. The highest BCUT2D eigenvalue weighted by Gasteiger charge is 2.22. The number of anilines is 1. The van der Waals surface area contributed by atoms with Gasteiger partial charge >= 0.3 is 6.61 Å². The molecule has 1 heterocycles. The topological polar surface area (TPSA) is 75.7 Å². The van der Waals surface area contributed by atoms with Crippen LogP contribution in [0.25, 0.3) is 0 Å². The highest BCUT2D eigenvalue weighted by atomic mass is 32.2. The van der Waals surface area contributed by atoms with Crippen molar-refractivity contribution in [2.45, 2.75) is 30.9 Å². The van der Waals surface area contributed by atoms with E-state index in [1.165, 1.54) is 30.3 Å². The Morgan fingerprint density at radius 1 is 1.11 bits per heavy atom. The summed E-state index contributed by atoms with van der Waals surface area (Å²) in [7, 11) is -3.85. The van der Waals surface area contributed by atoms with Gasteiger partial charge in [0.05, 0.1) is 4.90 Å². The van der Waals surface area contributed by atoms with Gasteiger partial charge in [0.2, 0.25) is 15.9 Å². The number of alkyl halides is 2. The lowest BCUT2D eigenvalue weighted by molar-refractivity contribution is -0.117. The van der Waals surface area contributed by atoms with Gasteiger partial charge in [0.25, 0.3) is 0 Å². The maximum atomic E-state index is 12.5. The van der Waals surface area contributed by atoms with Gasteiger partial charge < -0.3 is 9.64 Å². The molecular formula is C18H18F2N2O4S. The van der Waals surface area contributed by atoms with Crippen molar-refractivity contribution < 1.29 is 26.7 Å². The van der Waals surface area contributed by atoms with Crippen molar-refractivity contribution in [2.75, 3.05) is 11.4 Å². The molecule has 1 aliphatic heterocycles. The lowest BCUT2D eigenvalue weighted by atomic mass is 10.2. The molecule has 0 atom stereocenters. The molecule has 6 nitrogen and oxygen atoms in total. The van der Waals surface area contributed by atoms with Gasteiger partial charge in [0.15, 0.2) is 0 Å². The number of hydrogen-bond acceptors (Lipinski definition) is 4. The molecule has 0 radical (unpaired) electrons.